The number of benzene rings is 1. The molecule has 1 atom stereocenters. The number of nitrogens with zero attached hydrogens (tertiary/aromatic N) is 1. The first-order chi connectivity index (χ1) is 9.55. The predicted molar refractivity (Wildman–Crippen MR) is 77.2 cm³/mol. The summed E-state index contributed by atoms with van der Waals surface area (Å²) in [6.45, 7) is 6.86. The van der Waals surface area contributed by atoms with Crippen LogP contribution in [0.25, 0.3) is 0 Å². The van der Waals surface area contributed by atoms with Crippen LogP contribution in [0.2, 0.25) is 0 Å². The number of hydrogen-bond acceptors (Lipinski definition) is 4. The van der Waals surface area contributed by atoms with Crippen molar-refractivity contribution in [2.24, 2.45) is 0 Å². The molecule has 1 fully saturated rings. The fourth-order valence-corrected chi connectivity index (χ4v) is 3.29. The molecule has 2 aliphatic rings. The first-order valence-corrected chi connectivity index (χ1v) is 7.39. The van der Waals surface area contributed by atoms with Gasteiger partial charge in [0, 0.05) is 18.2 Å². The highest BCUT2D eigenvalue weighted by molar-refractivity contribution is 5.47. The van der Waals surface area contributed by atoms with Crippen molar-refractivity contribution >= 4 is 0 Å². The van der Waals surface area contributed by atoms with Gasteiger partial charge in [0.25, 0.3) is 0 Å². The third kappa shape index (κ3) is 2.63. The first kappa shape index (κ1) is 13.7. The van der Waals surface area contributed by atoms with Crippen molar-refractivity contribution in [3.63, 3.8) is 0 Å². The number of hydrogen-bond donors (Lipinski definition) is 1. The quantitative estimate of drug-likeness (QED) is 0.919. The minimum atomic E-state index is -0.664. The van der Waals surface area contributed by atoms with Gasteiger partial charge in [-0.05, 0) is 39.3 Å². The lowest BCUT2D eigenvalue weighted by molar-refractivity contribution is -0.00538. The van der Waals surface area contributed by atoms with Crippen molar-refractivity contribution in [1.29, 1.82) is 0 Å². The van der Waals surface area contributed by atoms with Gasteiger partial charge in [-0.3, -0.25) is 4.90 Å². The fourth-order valence-electron chi connectivity index (χ4n) is 3.29. The molecule has 0 spiro atoms. The molecule has 0 aliphatic carbocycles. The lowest BCUT2D eigenvalue weighted by atomic mass is 9.96. The molecule has 1 aromatic rings. The van der Waals surface area contributed by atoms with Crippen LogP contribution in [0.4, 0.5) is 0 Å². The van der Waals surface area contributed by atoms with E-state index < -0.39 is 5.60 Å². The SMILES string of the molecule is CC(C)(O)C1CCCN1Cc1cccc2c1OCCO2. The smallest absolute Gasteiger partial charge is 0.165 e. The first-order valence-electron chi connectivity index (χ1n) is 7.39. The summed E-state index contributed by atoms with van der Waals surface area (Å²) in [6, 6.07) is 6.27. The number of para-hydroxylation sites is 1. The van der Waals surface area contributed by atoms with E-state index in [-0.39, 0.29) is 6.04 Å². The lowest BCUT2D eigenvalue weighted by Crippen LogP contribution is -2.45. The number of aliphatic hydroxyl groups is 1. The summed E-state index contributed by atoms with van der Waals surface area (Å²) in [5, 5.41) is 10.3. The Balaban J connectivity index is 1.81. The Morgan fingerprint density at radius 2 is 2.10 bits per heavy atom. The maximum absolute atomic E-state index is 10.3. The molecule has 110 valence electrons. The lowest BCUT2D eigenvalue weighted by Gasteiger charge is -2.34. The van der Waals surface area contributed by atoms with E-state index in [2.05, 4.69) is 11.0 Å². The predicted octanol–water partition coefficient (Wildman–Crippen LogP) is 2.19. The molecule has 1 aromatic carbocycles. The fraction of sp³-hybridized carbons (Fsp3) is 0.625. The van der Waals surface area contributed by atoms with E-state index in [1.54, 1.807) is 0 Å². The molecule has 0 amide bonds. The van der Waals surface area contributed by atoms with Gasteiger partial charge in [-0.2, -0.15) is 0 Å². The molecular weight excluding hydrogens is 254 g/mol. The van der Waals surface area contributed by atoms with Gasteiger partial charge in [0.15, 0.2) is 11.5 Å². The van der Waals surface area contributed by atoms with Crippen molar-refractivity contribution in [3.8, 4) is 11.5 Å². The third-order valence-corrected chi connectivity index (χ3v) is 4.20. The third-order valence-electron chi connectivity index (χ3n) is 4.20. The zero-order chi connectivity index (χ0) is 14.2. The molecule has 2 heterocycles. The van der Waals surface area contributed by atoms with Gasteiger partial charge in [-0.15, -0.1) is 0 Å². The van der Waals surface area contributed by atoms with Crippen LogP contribution in [0.1, 0.15) is 32.3 Å². The van der Waals surface area contributed by atoms with E-state index in [1.165, 1.54) is 0 Å². The van der Waals surface area contributed by atoms with Crippen LogP contribution in [0.5, 0.6) is 11.5 Å². The zero-order valence-corrected chi connectivity index (χ0v) is 12.3. The summed E-state index contributed by atoms with van der Waals surface area (Å²) >= 11 is 0. The van der Waals surface area contributed by atoms with E-state index in [0.717, 1.165) is 43.0 Å². The minimum absolute atomic E-state index is 0.211. The Bertz CT molecular complexity index is 481. The Morgan fingerprint density at radius 3 is 2.90 bits per heavy atom. The van der Waals surface area contributed by atoms with Gasteiger partial charge >= 0.3 is 0 Å². The van der Waals surface area contributed by atoms with E-state index >= 15 is 0 Å². The summed E-state index contributed by atoms with van der Waals surface area (Å²) in [7, 11) is 0. The molecule has 0 bridgehead atoms. The van der Waals surface area contributed by atoms with Gasteiger partial charge in [0.1, 0.15) is 13.2 Å². The molecule has 4 heteroatoms. The van der Waals surface area contributed by atoms with Gasteiger partial charge in [0.05, 0.1) is 5.60 Å². The number of ether oxygens (including phenoxy) is 2. The normalized spacial score (nSPS) is 23.1. The van der Waals surface area contributed by atoms with Gasteiger partial charge in [0.2, 0.25) is 0 Å². The molecule has 1 N–H and O–H groups in total. The molecule has 0 aromatic heterocycles. The van der Waals surface area contributed by atoms with Gasteiger partial charge < -0.3 is 14.6 Å². The molecule has 0 radical (unpaired) electrons. The number of likely N-dealkylation sites (tertiary alicyclic amines) is 1. The summed E-state index contributed by atoms with van der Waals surface area (Å²) in [6.07, 6.45) is 2.19. The Labute approximate surface area is 120 Å². The van der Waals surface area contributed by atoms with E-state index in [1.807, 2.05) is 26.0 Å². The van der Waals surface area contributed by atoms with E-state index in [0.29, 0.717) is 13.2 Å². The van der Waals surface area contributed by atoms with Crippen LogP contribution in [-0.4, -0.2) is 41.4 Å². The molecule has 0 saturated carbocycles. The molecule has 3 rings (SSSR count). The second-order valence-electron chi connectivity index (χ2n) is 6.22. The maximum atomic E-state index is 10.3. The van der Waals surface area contributed by atoms with Crippen LogP contribution in [0, 0.1) is 0 Å². The van der Waals surface area contributed by atoms with Crippen LogP contribution in [0.3, 0.4) is 0 Å². The summed E-state index contributed by atoms with van der Waals surface area (Å²) < 4.78 is 11.4. The Hall–Kier alpha value is -1.26. The van der Waals surface area contributed by atoms with Gasteiger partial charge in [-0.1, -0.05) is 12.1 Å². The summed E-state index contributed by atoms with van der Waals surface area (Å²) in [5.41, 5.74) is 0.487. The topological polar surface area (TPSA) is 41.9 Å². The van der Waals surface area contributed by atoms with Crippen molar-refractivity contribution in [3.05, 3.63) is 23.8 Å². The summed E-state index contributed by atoms with van der Waals surface area (Å²) in [4.78, 5) is 2.35. The number of rotatable bonds is 3. The van der Waals surface area contributed by atoms with E-state index in [9.17, 15) is 5.11 Å². The zero-order valence-electron chi connectivity index (χ0n) is 12.3. The second kappa shape index (κ2) is 5.26. The second-order valence-corrected chi connectivity index (χ2v) is 6.22. The standard InChI is InChI=1S/C16H23NO3/c1-16(2,18)14-7-4-8-17(14)11-12-5-3-6-13-15(12)20-10-9-19-13/h3,5-6,14,18H,4,7-11H2,1-2H3. The van der Waals surface area contributed by atoms with Gasteiger partial charge in [-0.25, -0.2) is 0 Å². The van der Waals surface area contributed by atoms with Crippen molar-refractivity contribution in [1.82, 2.24) is 4.90 Å². The van der Waals surface area contributed by atoms with Crippen LogP contribution in [0.15, 0.2) is 18.2 Å². The summed E-state index contributed by atoms with van der Waals surface area (Å²) in [5.74, 6) is 1.72. The van der Waals surface area contributed by atoms with Crippen LogP contribution >= 0.6 is 0 Å². The van der Waals surface area contributed by atoms with Crippen LogP contribution in [-0.2, 0) is 6.54 Å². The largest absolute Gasteiger partial charge is 0.486 e. The highest BCUT2D eigenvalue weighted by Crippen LogP contribution is 2.36. The van der Waals surface area contributed by atoms with Crippen LogP contribution < -0.4 is 9.47 Å². The maximum Gasteiger partial charge on any atom is 0.165 e. The molecule has 20 heavy (non-hydrogen) atoms. The molecule has 4 nitrogen and oxygen atoms in total. The Kier molecular flexibility index (Phi) is 3.61. The van der Waals surface area contributed by atoms with E-state index in [4.69, 9.17) is 9.47 Å². The van der Waals surface area contributed by atoms with Crippen molar-refractivity contribution in [2.75, 3.05) is 19.8 Å². The highest BCUT2D eigenvalue weighted by Gasteiger charge is 2.36. The minimum Gasteiger partial charge on any atom is -0.486 e. The van der Waals surface area contributed by atoms with Crippen molar-refractivity contribution in [2.45, 2.75) is 44.9 Å². The molecule has 2 aliphatic heterocycles. The Morgan fingerprint density at radius 1 is 1.30 bits per heavy atom. The average Bonchev–Trinajstić information content (AvgIpc) is 2.87. The highest BCUT2D eigenvalue weighted by atomic mass is 16.6. The molecular formula is C16H23NO3. The monoisotopic (exact) mass is 277 g/mol. The number of fused-ring (bicyclic) bond motifs is 1. The molecule has 1 saturated heterocycles. The van der Waals surface area contributed by atoms with Crippen molar-refractivity contribution < 1.29 is 14.6 Å². The average molecular weight is 277 g/mol. The molecule has 1 unspecified atom stereocenters.